The van der Waals surface area contributed by atoms with Gasteiger partial charge >= 0.3 is 0 Å². The van der Waals surface area contributed by atoms with Gasteiger partial charge in [-0.05, 0) is 24.0 Å². The molecular weight excluding hydrogens is 224 g/mol. The van der Waals surface area contributed by atoms with E-state index in [4.69, 9.17) is 10.00 Å². The van der Waals surface area contributed by atoms with Crippen LogP contribution in [0.5, 0.6) is 0 Å². The number of benzene rings is 1. The molecule has 0 N–H and O–H groups in total. The van der Waals surface area contributed by atoms with Crippen molar-refractivity contribution in [2.75, 3.05) is 24.6 Å². The Hall–Kier alpha value is -1.53. The lowest BCUT2D eigenvalue weighted by Crippen LogP contribution is -2.42. The molecule has 0 spiro atoms. The first-order valence-electron chi connectivity index (χ1n) is 6.67. The van der Waals surface area contributed by atoms with Gasteiger partial charge in [0.05, 0.1) is 19.2 Å². The van der Waals surface area contributed by atoms with Crippen molar-refractivity contribution in [1.82, 2.24) is 0 Å². The number of hydrogen-bond donors (Lipinski definition) is 0. The molecule has 1 aliphatic rings. The van der Waals surface area contributed by atoms with Crippen molar-refractivity contribution in [1.29, 1.82) is 5.26 Å². The Morgan fingerprint density at radius 2 is 2.00 bits per heavy atom. The summed E-state index contributed by atoms with van der Waals surface area (Å²) in [5.41, 5.74) is 4.06. The Morgan fingerprint density at radius 1 is 1.33 bits per heavy atom. The summed E-state index contributed by atoms with van der Waals surface area (Å²) in [7, 11) is 0. The standard InChI is InChI=1S/C15H20N2O/c1-3-12-6-5-7-13(4-2)15(12)17-8-9-18-14(10-16)11-17/h5-7,14H,3-4,8-9,11H2,1-2H3. The molecule has 0 radical (unpaired) electrons. The molecule has 1 atom stereocenters. The fourth-order valence-electron chi connectivity index (χ4n) is 2.55. The number of anilines is 1. The van der Waals surface area contributed by atoms with Crippen LogP contribution in [0.2, 0.25) is 0 Å². The Balaban J connectivity index is 2.34. The van der Waals surface area contributed by atoms with Gasteiger partial charge in [0.15, 0.2) is 6.10 Å². The van der Waals surface area contributed by atoms with Gasteiger partial charge in [-0.25, -0.2) is 0 Å². The lowest BCUT2D eigenvalue weighted by atomic mass is 10.0. The lowest BCUT2D eigenvalue weighted by molar-refractivity contribution is 0.0763. The fourth-order valence-corrected chi connectivity index (χ4v) is 2.55. The van der Waals surface area contributed by atoms with Crippen LogP contribution in [0.3, 0.4) is 0 Å². The van der Waals surface area contributed by atoms with Gasteiger partial charge in [0.1, 0.15) is 0 Å². The number of para-hydroxylation sites is 1. The first-order valence-corrected chi connectivity index (χ1v) is 6.67. The summed E-state index contributed by atoms with van der Waals surface area (Å²) in [6, 6.07) is 8.71. The quantitative estimate of drug-likeness (QED) is 0.819. The highest BCUT2D eigenvalue weighted by atomic mass is 16.5. The maximum atomic E-state index is 9.01. The van der Waals surface area contributed by atoms with Crippen LogP contribution in [0, 0.1) is 11.3 Å². The van der Waals surface area contributed by atoms with Crippen molar-refractivity contribution in [2.45, 2.75) is 32.8 Å². The monoisotopic (exact) mass is 244 g/mol. The zero-order valence-electron chi connectivity index (χ0n) is 11.1. The summed E-state index contributed by atoms with van der Waals surface area (Å²) in [4.78, 5) is 2.31. The molecule has 1 fully saturated rings. The summed E-state index contributed by atoms with van der Waals surface area (Å²) >= 11 is 0. The molecule has 3 heteroatoms. The normalized spacial score (nSPS) is 19.6. The fraction of sp³-hybridized carbons (Fsp3) is 0.533. The predicted molar refractivity (Wildman–Crippen MR) is 72.8 cm³/mol. The smallest absolute Gasteiger partial charge is 0.161 e. The van der Waals surface area contributed by atoms with Crippen LogP contribution in [-0.4, -0.2) is 25.8 Å². The van der Waals surface area contributed by atoms with Crippen molar-refractivity contribution < 1.29 is 4.74 Å². The molecule has 0 bridgehead atoms. The molecule has 2 rings (SSSR count). The zero-order chi connectivity index (χ0) is 13.0. The third-order valence-electron chi connectivity index (χ3n) is 3.49. The lowest BCUT2D eigenvalue weighted by Gasteiger charge is -2.34. The minimum absolute atomic E-state index is 0.298. The number of nitrogens with zero attached hydrogens (tertiary/aromatic N) is 2. The van der Waals surface area contributed by atoms with Crippen LogP contribution >= 0.6 is 0 Å². The molecule has 0 amide bonds. The molecule has 1 aromatic carbocycles. The van der Waals surface area contributed by atoms with Crippen LogP contribution in [0.15, 0.2) is 18.2 Å². The Bertz CT molecular complexity index is 428. The Morgan fingerprint density at radius 3 is 2.56 bits per heavy atom. The van der Waals surface area contributed by atoms with E-state index in [-0.39, 0.29) is 6.10 Å². The molecule has 1 unspecified atom stereocenters. The predicted octanol–water partition coefficient (Wildman–Crippen LogP) is 2.54. The highest BCUT2D eigenvalue weighted by molar-refractivity contribution is 5.60. The second-order valence-electron chi connectivity index (χ2n) is 4.57. The average molecular weight is 244 g/mol. The summed E-state index contributed by atoms with van der Waals surface area (Å²) in [5, 5.41) is 9.01. The first-order chi connectivity index (χ1) is 8.80. The summed E-state index contributed by atoms with van der Waals surface area (Å²) < 4.78 is 5.42. The van der Waals surface area contributed by atoms with Crippen molar-refractivity contribution in [2.24, 2.45) is 0 Å². The molecule has 0 saturated carbocycles. The van der Waals surface area contributed by atoms with Gasteiger partial charge in [-0.1, -0.05) is 32.0 Å². The van der Waals surface area contributed by atoms with Crippen molar-refractivity contribution in [3.05, 3.63) is 29.3 Å². The maximum Gasteiger partial charge on any atom is 0.161 e. The number of hydrogen-bond acceptors (Lipinski definition) is 3. The van der Waals surface area contributed by atoms with Gasteiger partial charge in [0.25, 0.3) is 0 Å². The van der Waals surface area contributed by atoms with Crippen LogP contribution in [0.25, 0.3) is 0 Å². The van der Waals surface area contributed by atoms with Gasteiger partial charge < -0.3 is 9.64 Å². The highest BCUT2D eigenvalue weighted by Crippen LogP contribution is 2.28. The third kappa shape index (κ3) is 2.49. The molecule has 1 aromatic rings. The molecule has 3 nitrogen and oxygen atoms in total. The minimum Gasteiger partial charge on any atom is -0.365 e. The second-order valence-corrected chi connectivity index (χ2v) is 4.57. The summed E-state index contributed by atoms with van der Waals surface area (Å²) in [6.07, 6.45) is 1.75. The maximum absolute atomic E-state index is 9.01. The molecule has 0 aromatic heterocycles. The van der Waals surface area contributed by atoms with Gasteiger partial charge in [-0.15, -0.1) is 0 Å². The number of nitriles is 1. The van der Waals surface area contributed by atoms with Crippen LogP contribution in [0.1, 0.15) is 25.0 Å². The van der Waals surface area contributed by atoms with E-state index in [1.54, 1.807) is 0 Å². The number of morpholine rings is 1. The van der Waals surface area contributed by atoms with Crippen molar-refractivity contribution >= 4 is 5.69 Å². The molecular formula is C15H20N2O. The zero-order valence-corrected chi connectivity index (χ0v) is 11.1. The van der Waals surface area contributed by atoms with Gasteiger partial charge in [-0.2, -0.15) is 5.26 Å². The molecule has 0 aliphatic carbocycles. The van der Waals surface area contributed by atoms with Crippen molar-refractivity contribution in [3.8, 4) is 6.07 Å². The second kappa shape index (κ2) is 5.88. The van der Waals surface area contributed by atoms with Crippen LogP contribution < -0.4 is 4.90 Å². The van der Waals surface area contributed by atoms with Gasteiger partial charge in [-0.3, -0.25) is 0 Å². The molecule has 18 heavy (non-hydrogen) atoms. The van der Waals surface area contributed by atoms with E-state index in [1.165, 1.54) is 16.8 Å². The molecule has 1 saturated heterocycles. The van der Waals surface area contributed by atoms with E-state index in [0.29, 0.717) is 13.2 Å². The van der Waals surface area contributed by atoms with E-state index < -0.39 is 0 Å². The van der Waals surface area contributed by atoms with Crippen molar-refractivity contribution in [3.63, 3.8) is 0 Å². The average Bonchev–Trinajstić information content (AvgIpc) is 2.46. The first kappa shape index (κ1) is 12.9. The van der Waals surface area contributed by atoms with E-state index in [0.717, 1.165) is 19.4 Å². The third-order valence-corrected chi connectivity index (χ3v) is 3.49. The van der Waals surface area contributed by atoms with Gasteiger partial charge in [0, 0.05) is 12.2 Å². The minimum atomic E-state index is -0.298. The highest BCUT2D eigenvalue weighted by Gasteiger charge is 2.23. The number of aryl methyl sites for hydroxylation is 2. The van der Waals surface area contributed by atoms with E-state index in [1.807, 2.05) is 0 Å². The largest absolute Gasteiger partial charge is 0.365 e. The van der Waals surface area contributed by atoms with Crippen LogP contribution in [-0.2, 0) is 17.6 Å². The van der Waals surface area contributed by atoms with E-state index in [9.17, 15) is 0 Å². The SMILES string of the molecule is CCc1cccc(CC)c1N1CCOC(C#N)C1. The van der Waals surface area contributed by atoms with Crippen LogP contribution in [0.4, 0.5) is 5.69 Å². The number of rotatable bonds is 3. The molecule has 96 valence electrons. The topological polar surface area (TPSA) is 36.3 Å². The molecule has 1 aliphatic heterocycles. The Labute approximate surface area is 109 Å². The Kier molecular flexibility index (Phi) is 4.22. The summed E-state index contributed by atoms with van der Waals surface area (Å²) in [5.74, 6) is 0. The van der Waals surface area contributed by atoms with E-state index in [2.05, 4.69) is 43.0 Å². The summed E-state index contributed by atoms with van der Waals surface area (Å²) in [6.45, 7) is 6.56. The van der Waals surface area contributed by atoms with E-state index >= 15 is 0 Å². The number of ether oxygens (including phenoxy) is 1. The van der Waals surface area contributed by atoms with Gasteiger partial charge in [0.2, 0.25) is 0 Å². The molecule has 1 heterocycles.